The molecule has 2 aromatic carbocycles. The molecule has 0 aliphatic carbocycles. The normalized spacial score (nSPS) is 9.35. The zero-order valence-electron chi connectivity index (χ0n) is 10.7. The van der Waals surface area contributed by atoms with Crippen LogP contribution in [0.4, 0.5) is 5.69 Å². The number of benzene rings is 2. The molecule has 0 heterocycles. The molecular weight excluding hydrogens is 252 g/mol. The number of rotatable bonds is 4. The van der Waals surface area contributed by atoms with Gasteiger partial charge in [-0.3, -0.25) is 4.79 Å². The van der Waals surface area contributed by atoms with Crippen molar-refractivity contribution in [3.05, 3.63) is 66.7 Å². The molecule has 0 spiro atoms. The first-order valence-electron chi connectivity index (χ1n) is 5.93. The van der Waals surface area contributed by atoms with Crippen LogP contribution in [0.3, 0.4) is 0 Å². The van der Waals surface area contributed by atoms with Crippen molar-refractivity contribution in [2.24, 2.45) is 0 Å². The Hall–Kier alpha value is -3.06. The molecule has 4 heteroatoms. The lowest BCUT2D eigenvalue weighted by molar-refractivity contribution is -0.111. The number of carbonyl (C=O) groups is 1. The molecule has 4 nitrogen and oxygen atoms in total. The minimum absolute atomic E-state index is 0.270. The van der Waals surface area contributed by atoms with E-state index in [9.17, 15) is 4.79 Å². The average molecular weight is 264 g/mol. The van der Waals surface area contributed by atoms with Crippen molar-refractivity contribution in [2.45, 2.75) is 0 Å². The van der Waals surface area contributed by atoms with Gasteiger partial charge in [-0.15, -0.1) is 0 Å². The molecular formula is C16H12N2O2. The van der Waals surface area contributed by atoms with Crippen LogP contribution in [0, 0.1) is 11.3 Å². The summed E-state index contributed by atoms with van der Waals surface area (Å²) in [6, 6.07) is 15.9. The van der Waals surface area contributed by atoms with Gasteiger partial charge >= 0.3 is 0 Å². The van der Waals surface area contributed by atoms with Crippen LogP contribution in [0.2, 0.25) is 0 Å². The second-order valence-corrected chi connectivity index (χ2v) is 3.93. The van der Waals surface area contributed by atoms with Gasteiger partial charge in [0.25, 0.3) is 0 Å². The zero-order chi connectivity index (χ0) is 14.4. The molecule has 0 aromatic heterocycles. The van der Waals surface area contributed by atoms with E-state index in [1.807, 2.05) is 0 Å². The van der Waals surface area contributed by atoms with E-state index < -0.39 is 0 Å². The van der Waals surface area contributed by atoms with E-state index >= 15 is 0 Å². The molecule has 98 valence electrons. The first-order valence-corrected chi connectivity index (χ1v) is 5.93. The predicted octanol–water partition coefficient (Wildman–Crippen LogP) is 3.48. The summed E-state index contributed by atoms with van der Waals surface area (Å²) in [5, 5.41) is 11.6. The molecule has 0 aliphatic heterocycles. The number of ether oxygens (including phenoxy) is 1. The van der Waals surface area contributed by atoms with Crippen molar-refractivity contribution in [3.63, 3.8) is 0 Å². The average Bonchev–Trinajstić information content (AvgIpc) is 2.49. The van der Waals surface area contributed by atoms with E-state index in [0.29, 0.717) is 22.7 Å². The van der Waals surface area contributed by atoms with Crippen LogP contribution in [0.25, 0.3) is 0 Å². The maximum atomic E-state index is 11.1. The fourth-order valence-corrected chi connectivity index (χ4v) is 1.57. The highest BCUT2D eigenvalue weighted by atomic mass is 16.5. The van der Waals surface area contributed by atoms with Crippen LogP contribution in [0.5, 0.6) is 11.5 Å². The summed E-state index contributed by atoms with van der Waals surface area (Å²) in [7, 11) is 0. The predicted molar refractivity (Wildman–Crippen MR) is 76.5 cm³/mol. The van der Waals surface area contributed by atoms with Gasteiger partial charge in [0.15, 0.2) is 0 Å². The van der Waals surface area contributed by atoms with E-state index in [1.54, 1.807) is 48.5 Å². The molecule has 1 amide bonds. The minimum atomic E-state index is -0.270. The summed E-state index contributed by atoms with van der Waals surface area (Å²) < 4.78 is 5.63. The molecule has 0 aliphatic rings. The van der Waals surface area contributed by atoms with Crippen LogP contribution in [-0.2, 0) is 4.79 Å². The third-order valence-corrected chi connectivity index (χ3v) is 2.54. The van der Waals surface area contributed by atoms with Crippen molar-refractivity contribution < 1.29 is 9.53 Å². The van der Waals surface area contributed by atoms with E-state index in [1.165, 1.54) is 6.08 Å². The maximum Gasteiger partial charge on any atom is 0.247 e. The molecule has 0 saturated carbocycles. The molecule has 0 radical (unpaired) electrons. The number of anilines is 1. The van der Waals surface area contributed by atoms with Crippen molar-refractivity contribution in [1.82, 2.24) is 0 Å². The van der Waals surface area contributed by atoms with Crippen molar-refractivity contribution >= 4 is 11.6 Å². The number of nitrogens with zero attached hydrogens (tertiary/aromatic N) is 1. The number of hydrogen-bond acceptors (Lipinski definition) is 3. The summed E-state index contributed by atoms with van der Waals surface area (Å²) in [4.78, 5) is 11.1. The van der Waals surface area contributed by atoms with E-state index in [-0.39, 0.29) is 5.91 Å². The summed E-state index contributed by atoms with van der Waals surface area (Å²) in [6.07, 6.45) is 1.20. The lowest BCUT2D eigenvalue weighted by atomic mass is 10.2. The Bertz CT molecular complexity index is 670. The van der Waals surface area contributed by atoms with Gasteiger partial charge < -0.3 is 10.1 Å². The third-order valence-electron chi connectivity index (χ3n) is 2.54. The molecule has 2 rings (SSSR count). The monoisotopic (exact) mass is 264 g/mol. The second-order valence-electron chi connectivity index (χ2n) is 3.93. The van der Waals surface area contributed by atoms with Crippen molar-refractivity contribution in [2.75, 3.05) is 5.32 Å². The second kappa shape index (κ2) is 6.21. The first-order chi connectivity index (χ1) is 9.72. The van der Waals surface area contributed by atoms with Crippen LogP contribution < -0.4 is 10.1 Å². The highest BCUT2D eigenvalue weighted by Gasteiger charge is 2.04. The fourth-order valence-electron chi connectivity index (χ4n) is 1.57. The van der Waals surface area contributed by atoms with Gasteiger partial charge in [-0.25, -0.2) is 0 Å². The fraction of sp³-hybridized carbons (Fsp3) is 0. The Kier molecular flexibility index (Phi) is 4.15. The number of para-hydroxylation sites is 1. The lowest BCUT2D eigenvalue weighted by Gasteiger charge is -2.08. The van der Waals surface area contributed by atoms with Gasteiger partial charge in [0.1, 0.15) is 17.6 Å². The van der Waals surface area contributed by atoms with Crippen molar-refractivity contribution in [3.8, 4) is 17.6 Å². The number of amides is 1. The van der Waals surface area contributed by atoms with Crippen LogP contribution in [-0.4, -0.2) is 5.91 Å². The first kappa shape index (κ1) is 13.4. The van der Waals surface area contributed by atoms with E-state index in [0.717, 1.165) is 0 Å². The largest absolute Gasteiger partial charge is 0.456 e. The summed E-state index contributed by atoms with van der Waals surface area (Å²) >= 11 is 0. The SMILES string of the molecule is C=CC(=O)Nc1ccc(Oc2ccccc2C#N)cc1. The molecule has 0 bridgehead atoms. The van der Waals surface area contributed by atoms with E-state index in [4.69, 9.17) is 10.00 Å². The highest BCUT2D eigenvalue weighted by Crippen LogP contribution is 2.25. The third kappa shape index (κ3) is 3.24. The smallest absolute Gasteiger partial charge is 0.247 e. The summed E-state index contributed by atoms with van der Waals surface area (Å²) in [5.74, 6) is 0.815. The Morgan fingerprint density at radius 1 is 1.20 bits per heavy atom. The zero-order valence-corrected chi connectivity index (χ0v) is 10.7. The van der Waals surface area contributed by atoms with E-state index in [2.05, 4.69) is 18.0 Å². The Balaban J connectivity index is 2.13. The van der Waals surface area contributed by atoms with Gasteiger partial charge in [0.2, 0.25) is 5.91 Å². The van der Waals surface area contributed by atoms with Crippen molar-refractivity contribution in [1.29, 1.82) is 5.26 Å². The van der Waals surface area contributed by atoms with Crippen LogP contribution in [0.1, 0.15) is 5.56 Å². The number of hydrogen-bond donors (Lipinski definition) is 1. The number of nitrogens with one attached hydrogen (secondary N) is 1. The Morgan fingerprint density at radius 3 is 2.55 bits per heavy atom. The Morgan fingerprint density at radius 2 is 1.90 bits per heavy atom. The van der Waals surface area contributed by atoms with Gasteiger partial charge in [-0.2, -0.15) is 5.26 Å². The standard InChI is InChI=1S/C16H12N2O2/c1-2-16(19)18-13-7-9-14(10-8-13)20-15-6-4-3-5-12(15)11-17/h2-10H,1H2,(H,18,19). The number of carbonyl (C=O) groups excluding carboxylic acids is 1. The summed E-state index contributed by atoms with van der Waals surface area (Å²) in [6.45, 7) is 3.38. The Labute approximate surface area is 116 Å². The molecule has 0 unspecified atom stereocenters. The highest BCUT2D eigenvalue weighted by molar-refractivity contribution is 5.98. The quantitative estimate of drug-likeness (QED) is 0.860. The molecule has 2 aromatic rings. The van der Waals surface area contributed by atoms with Crippen LogP contribution >= 0.6 is 0 Å². The number of nitriles is 1. The van der Waals surface area contributed by atoms with Gasteiger partial charge in [-0.1, -0.05) is 18.7 Å². The summed E-state index contributed by atoms with van der Waals surface area (Å²) in [5.41, 5.74) is 1.12. The minimum Gasteiger partial charge on any atom is -0.456 e. The van der Waals surface area contributed by atoms with Gasteiger partial charge in [-0.05, 0) is 42.5 Å². The molecule has 0 fully saturated rings. The topological polar surface area (TPSA) is 62.1 Å². The lowest BCUT2D eigenvalue weighted by Crippen LogP contribution is -2.06. The molecule has 0 saturated heterocycles. The maximum absolute atomic E-state index is 11.1. The van der Waals surface area contributed by atoms with Gasteiger partial charge in [0.05, 0.1) is 5.56 Å². The molecule has 1 N–H and O–H groups in total. The van der Waals surface area contributed by atoms with Crippen LogP contribution in [0.15, 0.2) is 61.2 Å². The molecule has 20 heavy (non-hydrogen) atoms. The van der Waals surface area contributed by atoms with Gasteiger partial charge in [0, 0.05) is 5.69 Å². The molecule has 0 atom stereocenters.